The molecule has 202 valence electrons. The van der Waals surface area contributed by atoms with Crippen LogP contribution in [-0.4, -0.2) is 89.4 Å². The first-order valence-electron chi connectivity index (χ1n) is 10.7. The highest BCUT2D eigenvalue weighted by atomic mass is 32.2. The van der Waals surface area contributed by atoms with Gasteiger partial charge in [-0.3, -0.25) is 9.59 Å². The largest absolute Gasteiger partial charge is 0.495 e. The van der Waals surface area contributed by atoms with Gasteiger partial charge in [-0.05, 0) is 37.0 Å². The van der Waals surface area contributed by atoms with Gasteiger partial charge in [0, 0.05) is 38.9 Å². The maximum Gasteiger partial charge on any atom is 0.490 e. The number of hydrogen-bond acceptors (Lipinski definition) is 8. The molecule has 11 nitrogen and oxygen atoms in total. The van der Waals surface area contributed by atoms with Crippen molar-refractivity contribution < 1.29 is 50.6 Å². The predicted octanol–water partition coefficient (Wildman–Crippen LogP) is 0.850. The first kappa shape index (κ1) is 29.3. The van der Waals surface area contributed by atoms with Crippen LogP contribution >= 0.6 is 0 Å². The fourth-order valence-corrected chi connectivity index (χ4v) is 5.03. The number of hydrogen-bond donors (Lipinski definition) is 3. The third-order valence-electron chi connectivity index (χ3n) is 5.64. The molecule has 0 saturated carbocycles. The second-order valence-electron chi connectivity index (χ2n) is 8.41. The van der Waals surface area contributed by atoms with Crippen LogP contribution in [0.1, 0.15) is 23.2 Å². The van der Waals surface area contributed by atoms with Crippen molar-refractivity contribution in [2.75, 3.05) is 41.0 Å². The zero-order chi connectivity index (χ0) is 27.3. The summed E-state index contributed by atoms with van der Waals surface area (Å²) in [6.45, 7) is 1.68. The molecule has 3 N–H and O–H groups in total. The van der Waals surface area contributed by atoms with Gasteiger partial charge in [0.15, 0.2) is 0 Å². The number of sulfonamides is 1. The Kier molecular flexibility index (Phi) is 9.68. The van der Waals surface area contributed by atoms with Crippen LogP contribution in [0.15, 0.2) is 23.1 Å². The van der Waals surface area contributed by atoms with E-state index in [1.54, 1.807) is 14.1 Å². The molecular weight excluding hydrogens is 511 g/mol. The van der Waals surface area contributed by atoms with E-state index in [1.165, 1.54) is 30.2 Å². The van der Waals surface area contributed by atoms with Crippen molar-refractivity contribution in [3.63, 3.8) is 0 Å². The number of benzene rings is 1. The molecule has 2 aliphatic heterocycles. The van der Waals surface area contributed by atoms with Crippen LogP contribution in [-0.2, 0) is 24.3 Å². The van der Waals surface area contributed by atoms with Gasteiger partial charge < -0.3 is 24.8 Å². The molecule has 36 heavy (non-hydrogen) atoms. The minimum Gasteiger partial charge on any atom is -0.495 e. The van der Waals surface area contributed by atoms with E-state index in [-0.39, 0.29) is 28.0 Å². The van der Waals surface area contributed by atoms with Crippen LogP contribution < -0.4 is 14.8 Å². The van der Waals surface area contributed by atoms with Gasteiger partial charge in [-0.15, -0.1) is 0 Å². The molecule has 2 fully saturated rings. The summed E-state index contributed by atoms with van der Waals surface area (Å²) in [6, 6.07) is 4.41. The summed E-state index contributed by atoms with van der Waals surface area (Å²) in [5.41, 5.74) is 0.185. The second kappa shape index (κ2) is 11.9. The maximum atomic E-state index is 12.9. The molecule has 0 aromatic heterocycles. The quantitative estimate of drug-likeness (QED) is 0.495. The number of rotatable bonds is 5. The van der Waals surface area contributed by atoms with Crippen molar-refractivity contribution in [3.8, 4) is 5.75 Å². The highest BCUT2D eigenvalue weighted by Gasteiger charge is 2.38. The van der Waals surface area contributed by atoms with Gasteiger partial charge in [0.2, 0.25) is 5.91 Å². The highest BCUT2D eigenvalue weighted by Crippen LogP contribution is 2.29. The molecule has 3 unspecified atom stereocenters. The number of nitrogens with one attached hydrogen (secondary N) is 2. The Morgan fingerprint density at radius 2 is 1.89 bits per heavy atom. The molecule has 15 heteroatoms. The summed E-state index contributed by atoms with van der Waals surface area (Å²) in [7, 11) is 0.255. The lowest BCUT2D eigenvalue weighted by Crippen LogP contribution is -2.53. The van der Waals surface area contributed by atoms with Crippen LogP contribution in [0.4, 0.5) is 13.2 Å². The number of carboxylic acids is 1. The molecule has 2 heterocycles. The van der Waals surface area contributed by atoms with Gasteiger partial charge in [0.05, 0.1) is 19.6 Å². The minimum atomic E-state index is -5.08. The van der Waals surface area contributed by atoms with E-state index >= 15 is 0 Å². The maximum absolute atomic E-state index is 12.9. The minimum absolute atomic E-state index is 0.0584. The monoisotopic (exact) mass is 539 g/mol. The van der Waals surface area contributed by atoms with Gasteiger partial charge in [-0.1, -0.05) is 0 Å². The van der Waals surface area contributed by atoms with Crippen LogP contribution in [0, 0.1) is 11.8 Å². The lowest BCUT2D eigenvalue weighted by molar-refractivity contribution is -0.192. The topological polar surface area (TPSA) is 151 Å². The Morgan fingerprint density at radius 3 is 2.44 bits per heavy atom. The van der Waals surface area contributed by atoms with E-state index < -0.39 is 34.0 Å². The third-order valence-corrected chi connectivity index (χ3v) is 7.01. The fourth-order valence-electron chi connectivity index (χ4n) is 3.79. The molecular formula is C21H28F3N3O8S. The number of carbonyl (C=O) groups excluding carboxylic acids is 2. The Morgan fingerprint density at radius 1 is 1.25 bits per heavy atom. The zero-order valence-electron chi connectivity index (χ0n) is 19.8. The zero-order valence-corrected chi connectivity index (χ0v) is 20.6. The first-order valence-corrected chi connectivity index (χ1v) is 12.2. The molecule has 3 rings (SSSR count). The Labute approximate surface area is 206 Å². The van der Waals surface area contributed by atoms with Crippen LogP contribution in [0.25, 0.3) is 0 Å². The summed E-state index contributed by atoms with van der Waals surface area (Å²) < 4.78 is 70.3. The highest BCUT2D eigenvalue weighted by molar-refractivity contribution is 7.90. The summed E-state index contributed by atoms with van der Waals surface area (Å²) in [6.07, 6.45) is -3.63. The van der Waals surface area contributed by atoms with Crippen molar-refractivity contribution in [3.05, 3.63) is 23.8 Å². The number of piperidine rings is 1. The van der Waals surface area contributed by atoms with Crippen molar-refractivity contribution in [1.29, 1.82) is 0 Å². The standard InChI is InChI=1S/C19H27N3O6S.C2HF3O2/c1-22(2)19(24)12-4-5-16(27-3)17(9-12)29(25,26)21-18(23)13-8-14-11-28-7-6-15(14)20-10-13;3-2(4,5)1(6)7/h4-5,9,13-15,20H,6-8,10-11H2,1-3H3,(H,21,23);(H,6,7). The number of carboxylic acid groups (broad SMARTS) is 1. The molecule has 0 radical (unpaired) electrons. The number of nitrogens with zero attached hydrogens (tertiary/aromatic N) is 1. The Hall–Kier alpha value is -2.91. The summed E-state index contributed by atoms with van der Waals surface area (Å²) in [5.74, 6) is -3.92. The van der Waals surface area contributed by atoms with E-state index in [1.807, 2.05) is 0 Å². The molecule has 0 bridgehead atoms. The van der Waals surface area contributed by atoms with E-state index in [0.29, 0.717) is 32.2 Å². The lowest BCUT2D eigenvalue weighted by Gasteiger charge is -2.39. The van der Waals surface area contributed by atoms with Crippen LogP contribution in [0.5, 0.6) is 5.75 Å². The SMILES string of the molecule is COc1ccc(C(=O)N(C)C)cc1S(=O)(=O)NC(=O)C1CNC2CCOCC2C1.O=C(O)C(F)(F)F. The van der Waals surface area contributed by atoms with Gasteiger partial charge in [0.25, 0.3) is 15.9 Å². The molecule has 1 aromatic rings. The van der Waals surface area contributed by atoms with Crippen molar-refractivity contribution >= 4 is 27.8 Å². The number of amides is 2. The van der Waals surface area contributed by atoms with E-state index in [9.17, 15) is 31.2 Å². The third kappa shape index (κ3) is 7.54. The number of aliphatic carboxylic acids is 1. The van der Waals surface area contributed by atoms with Crippen molar-refractivity contribution in [2.24, 2.45) is 11.8 Å². The van der Waals surface area contributed by atoms with Crippen molar-refractivity contribution in [2.45, 2.75) is 30.0 Å². The van der Waals surface area contributed by atoms with Crippen molar-refractivity contribution in [1.82, 2.24) is 14.9 Å². The summed E-state index contributed by atoms with van der Waals surface area (Å²) in [4.78, 5) is 34.9. The van der Waals surface area contributed by atoms with E-state index in [0.717, 1.165) is 6.42 Å². The molecule has 3 atom stereocenters. The number of alkyl halides is 3. The summed E-state index contributed by atoms with van der Waals surface area (Å²) >= 11 is 0. The average molecular weight is 540 g/mol. The number of carbonyl (C=O) groups is 3. The van der Waals surface area contributed by atoms with Gasteiger partial charge >= 0.3 is 12.1 Å². The molecule has 0 aliphatic carbocycles. The molecule has 2 amide bonds. The van der Waals surface area contributed by atoms with Crippen LogP contribution in [0.2, 0.25) is 0 Å². The Balaban J connectivity index is 0.000000572. The Bertz CT molecular complexity index is 1080. The molecule has 0 spiro atoms. The summed E-state index contributed by atoms with van der Waals surface area (Å²) in [5, 5.41) is 10.5. The van der Waals surface area contributed by atoms with Crippen LogP contribution in [0.3, 0.4) is 0 Å². The number of fused-ring (bicyclic) bond motifs is 1. The smallest absolute Gasteiger partial charge is 0.490 e. The fraction of sp³-hybridized carbons (Fsp3) is 0.571. The first-order chi connectivity index (χ1) is 16.7. The molecule has 2 saturated heterocycles. The number of ether oxygens (including phenoxy) is 2. The van der Waals surface area contributed by atoms with Gasteiger partial charge in [0.1, 0.15) is 10.6 Å². The van der Waals surface area contributed by atoms with Gasteiger partial charge in [-0.25, -0.2) is 17.9 Å². The second-order valence-corrected chi connectivity index (χ2v) is 10.1. The molecule has 1 aromatic carbocycles. The normalized spacial score (nSPS) is 21.8. The van der Waals surface area contributed by atoms with E-state index in [2.05, 4.69) is 10.0 Å². The lowest BCUT2D eigenvalue weighted by atomic mass is 9.82. The predicted molar refractivity (Wildman–Crippen MR) is 119 cm³/mol. The number of methoxy groups -OCH3 is 1. The average Bonchev–Trinajstić information content (AvgIpc) is 2.82. The molecule has 2 aliphatic rings. The van der Waals surface area contributed by atoms with E-state index in [4.69, 9.17) is 19.4 Å². The number of halogens is 3. The van der Waals surface area contributed by atoms with Gasteiger partial charge in [-0.2, -0.15) is 13.2 Å².